The van der Waals surface area contributed by atoms with E-state index in [1.807, 2.05) is 24.6 Å². The number of nitrogens with one attached hydrogen (secondary N) is 1. The predicted molar refractivity (Wildman–Crippen MR) is 116 cm³/mol. The summed E-state index contributed by atoms with van der Waals surface area (Å²) in [4.78, 5) is 17.0. The standard InChI is InChI=1S/C21H18ClF2N7O/c1-11(2)30-8-12-3-14(13-6-27-29(7-13)21(23)24)17(22)4-15(12)18-5-19(32)16(9-31(18)30)20-25-10-26-28-20/h3-7,9-11,21H,8H2,1-2H3,(H,25,26,28). The van der Waals surface area contributed by atoms with Crippen molar-refractivity contribution in [3.63, 3.8) is 0 Å². The topological polar surface area (TPSA) is 84.6 Å². The van der Waals surface area contributed by atoms with Crippen LogP contribution in [0.25, 0.3) is 33.8 Å². The maximum Gasteiger partial charge on any atom is 0.333 e. The van der Waals surface area contributed by atoms with Gasteiger partial charge in [0, 0.05) is 46.2 Å². The second-order valence-electron chi connectivity index (χ2n) is 7.78. The van der Waals surface area contributed by atoms with Gasteiger partial charge in [-0.3, -0.25) is 14.6 Å². The molecule has 1 aliphatic heterocycles. The highest BCUT2D eigenvalue weighted by Crippen LogP contribution is 2.38. The third-order valence-electron chi connectivity index (χ3n) is 5.49. The maximum atomic E-state index is 13.0. The summed E-state index contributed by atoms with van der Waals surface area (Å²) in [7, 11) is 0. The van der Waals surface area contributed by atoms with Crippen molar-refractivity contribution in [3.05, 3.63) is 63.9 Å². The molecule has 0 atom stereocenters. The molecule has 1 aromatic carbocycles. The Bertz CT molecular complexity index is 1360. The van der Waals surface area contributed by atoms with E-state index in [1.165, 1.54) is 18.7 Å². The lowest BCUT2D eigenvalue weighted by molar-refractivity contribution is 0.0566. The van der Waals surface area contributed by atoms with Crippen LogP contribution in [0, 0.1) is 0 Å². The van der Waals surface area contributed by atoms with Crippen LogP contribution in [-0.4, -0.2) is 35.7 Å². The number of rotatable bonds is 4. The fourth-order valence-electron chi connectivity index (χ4n) is 3.92. The molecule has 0 amide bonds. The van der Waals surface area contributed by atoms with E-state index < -0.39 is 6.55 Å². The molecule has 4 aromatic rings. The summed E-state index contributed by atoms with van der Waals surface area (Å²) in [6, 6.07) is 5.30. The minimum absolute atomic E-state index is 0.104. The smallest absolute Gasteiger partial charge is 0.306 e. The van der Waals surface area contributed by atoms with Crippen LogP contribution in [0.4, 0.5) is 8.78 Å². The number of nitrogens with zero attached hydrogens (tertiary/aromatic N) is 6. The summed E-state index contributed by atoms with van der Waals surface area (Å²) in [6.45, 7) is 1.90. The van der Waals surface area contributed by atoms with Crippen molar-refractivity contribution < 1.29 is 8.78 Å². The average molecular weight is 458 g/mol. The van der Waals surface area contributed by atoms with Gasteiger partial charge in [-0.2, -0.15) is 19.0 Å². The molecule has 0 bridgehead atoms. The first-order valence-electron chi connectivity index (χ1n) is 9.88. The number of pyridine rings is 1. The number of fused-ring (bicyclic) bond motifs is 3. The van der Waals surface area contributed by atoms with Gasteiger partial charge in [-0.15, -0.1) is 0 Å². The molecule has 5 rings (SSSR count). The lowest BCUT2D eigenvalue weighted by Gasteiger charge is -2.38. The second-order valence-corrected chi connectivity index (χ2v) is 8.19. The SMILES string of the molecule is CC(C)N1Cc2cc(-c3cnn(C(F)F)c3)c(Cl)cc2-c2cc(=O)c(-c3ncn[nH]3)cn21. The second kappa shape index (κ2) is 7.56. The molecule has 1 aliphatic rings. The summed E-state index contributed by atoms with van der Waals surface area (Å²) >= 11 is 6.55. The summed E-state index contributed by atoms with van der Waals surface area (Å²) in [6.07, 6.45) is 5.73. The highest BCUT2D eigenvalue weighted by atomic mass is 35.5. The molecule has 0 saturated heterocycles. The number of hydrogen-bond acceptors (Lipinski definition) is 5. The molecule has 1 N–H and O–H groups in total. The van der Waals surface area contributed by atoms with E-state index in [1.54, 1.807) is 18.3 Å². The zero-order chi connectivity index (χ0) is 22.6. The van der Waals surface area contributed by atoms with Gasteiger partial charge in [0.25, 0.3) is 0 Å². The molecule has 0 fully saturated rings. The van der Waals surface area contributed by atoms with Crippen molar-refractivity contribution in [1.82, 2.24) is 29.6 Å². The van der Waals surface area contributed by atoms with Crippen molar-refractivity contribution in [2.45, 2.75) is 33.0 Å². The summed E-state index contributed by atoms with van der Waals surface area (Å²) in [5, 5.41) is 12.8. The van der Waals surface area contributed by atoms with Crippen molar-refractivity contribution in [3.8, 4) is 33.8 Å². The van der Waals surface area contributed by atoms with E-state index >= 15 is 0 Å². The van der Waals surface area contributed by atoms with Crippen LogP contribution in [0.1, 0.15) is 26.0 Å². The number of alkyl halides is 2. The predicted octanol–water partition coefficient (Wildman–Crippen LogP) is 4.07. The number of aromatic amines is 1. The van der Waals surface area contributed by atoms with Gasteiger partial charge in [-0.25, -0.2) is 9.67 Å². The lowest BCUT2D eigenvalue weighted by atomic mass is 9.96. The third kappa shape index (κ3) is 3.27. The Hall–Kier alpha value is -3.53. The Kier molecular flexibility index (Phi) is 4.81. The van der Waals surface area contributed by atoms with Crippen molar-refractivity contribution in [1.29, 1.82) is 0 Å². The van der Waals surface area contributed by atoms with Crippen LogP contribution in [0.3, 0.4) is 0 Å². The van der Waals surface area contributed by atoms with E-state index in [2.05, 4.69) is 25.3 Å². The first kappa shape index (κ1) is 20.4. The zero-order valence-corrected chi connectivity index (χ0v) is 17.9. The van der Waals surface area contributed by atoms with Gasteiger partial charge >= 0.3 is 6.55 Å². The van der Waals surface area contributed by atoms with Gasteiger partial charge < -0.3 is 5.01 Å². The Morgan fingerprint density at radius 2 is 1.94 bits per heavy atom. The van der Waals surface area contributed by atoms with Gasteiger partial charge in [0.15, 0.2) is 11.3 Å². The first-order chi connectivity index (χ1) is 15.3. The Labute approximate surface area is 186 Å². The number of aromatic nitrogens is 6. The third-order valence-corrected chi connectivity index (χ3v) is 5.80. The van der Waals surface area contributed by atoms with Crippen LogP contribution >= 0.6 is 11.6 Å². The first-order valence-corrected chi connectivity index (χ1v) is 10.3. The number of benzene rings is 1. The van der Waals surface area contributed by atoms with E-state index in [0.717, 1.165) is 11.1 Å². The van der Waals surface area contributed by atoms with Crippen molar-refractivity contribution in [2.24, 2.45) is 0 Å². The van der Waals surface area contributed by atoms with E-state index in [-0.39, 0.29) is 11.5 Å². The normalized spacial score (nSPS) is 13.0. The molecule has 0 spiro atoms. The zero-order valence-electron chi connectivity index (χ0n) is 17.1. The Balaban J connectivity index is 1.68. The van der Waals surface area contributed by atoms with Crippen molar-refractivity contribution in [2.75, 3.05) is 5.01 Å². The highest BCUT2D eigenvalue weighted by Gasteiger charge is 2.26. The van der Waals surface area contributed by atoms with Crippen LogP contribution in [0.5, 0.6) is 0 Å². The van der Waals surface area contributed by atoms with Gasteiger partial charge in [0.1, 0.15) is 6.33 Å². The molecule has 11 heteroatoms. The quantitative estimate of drug-likeness (QED) is 0.499. The van der Waals surface area contributed by atoms with Crippen LogP contribution in [0.2, 0.25) is 5.02 Å². The summed E-state index contributed by atoms with van der Waals surface area (Å²) in [5.41, 5.74) is 3.72. The Morgan fingerprint density at radius 1 is 1.12 bits per heavy atom. The van der Waals surface area contributed by atoms with E-state index in [4.69, 9.17) is 11.6 Å². The van der Waals surface area contributed by atoms with Crippen LogP contribution in [-0.2, 0) is 6.54 Å². The summed E-state index contributed by atoms with van der Waals surface area (Å²) in [5.74, 6) is 0.393. The minimum atomic E-state index is -2.73. The molecular formula is C21H18ClF2N7O. The maximum absolute atomic E-state index is 13.0. The molecule has 3 aromatic heterocycles. The number of hydrogen-bond donors (Lipinski definition) is 1. The van der Waals surface area contributed by atoms with Crippen LogP contribution < -0.4 is 10.4 Å². The summed E-state index contributed by atoms with van der Waals surface area (Å²) < 4.78 is 28.4. The molecule has 0 saturated carbocycles. The average Bonchev–Trinajstić information content (AvgIpc) is 3.45. The fraction of sp³-hybridized carbons (Fsp3) is 0.238. The van der Waals surface area contributed by atoms with Crippen molar-refractivity contribution >= 4 is 11.6 Å². The van der Waals surface area contributed by atoms with Gasteiger partial charge in [0.05, 0.1) is 24.0 Å². The molecule has 32 heavy (non-hydrogen) atoms. The molecule has 0 aliphatic carbocycles. The van der Waals surface area contributed by atoms with Gasteiger partial charge in [-0.1, -0.05) is 11.6 Å². The number of halogens is 3. The minimum Gasteiger partial charge on any atom is -0.306 e. The fourth-order valence-corrected chi connectivity index (χ4v) is 4.20. The van der Waals surface area contributed by atoms with Gasteiger partial charge in [0.2, 0.25) is 0 Å². The van der Waals surface area contributed by atoms with E-state index in [9.17, 15) is 13.6 Å². The monoisotopic (exact) mass is 457 g/mol. The highest BCUT2D eigenvalue weighted by molar-refractivity contribution is 6.33. The molecule has 8 nitrogen and oxygen atoms in total. The Morgan fingerprint density at radius 3 is 2.59 bits per heavy atom. The lowest BCUT2D eigenvalue weighted by Crippen LogP contribution is -2.43. The molecular weight excluding hydrogens is 440 g/mol. The molecule has 0 radical (unpaired) electrons. The molecule has 4 heterocycles. The van der Waals surface area contributed by atoms with Crippen LogP contribution in [0.15, 0.2) is 47.9 Å². The molecule has 0 unspecified atom stereocenters. The largest absolute Gasteiger partial charge is 0.333 e. The van der Waals surface area contributed by atoms with Gasteiger partial charge in [-0.05, 0) is 31.5 Å². The molecule has 164 valence electrons. The van der Waals surface area contributed by atoms with E-state index in [0.29, 0.717) is 44.5 Å². The number of H-pyrrole nitrogens is 1.